The highest BCUT2D eigenvalue weighted by molar-refractivity contribution is 5.92. The summed E-state index contributed by atoms with van der Waals surface area (Å²) in [4.78, 5) is 16.9. The van der Waals surface area contributed by atoms with Gasteiger partial charge in [0.15, 0.2) is 11.5 Å². The summed E-state index contributed by atoms with van der Waals surface area (Å²) >= 11 is 0. The number of hydrogen-bond acceptors (Lipinski definition) is 5. The zero-order chi connectivity index (χ0) is 20.4. The van der Waals surface area contributed by atoms with Crippen molar-refractivity contribution in [2.24, 2.45) is 0 Å². The zero-order valence-corrected chi connectivity index (χ0v) is 16.6. The molecule has 0 radical (unpaired) electrons. The predicted octanol–water partition coefficient (Wildman–Crippen LogP) is 3.76. The number of amides is 1. The van der Waals surface area contributed by atoms with E-state index < -0.39 is 0 Å². The minimum atomic E-state index is -0.319. The van der Waals surface area contributed by atoms with Crippen molar-refractivity contribution in [1.82, 2.24) is 19.9 Å². The second-order valence-corrected chi connectivity index (χ2v) is 7.05. The Bertz CT molecular complexity index is 1180. The molecule has 0 saturated carbocycles. The second kappa shape index (κ2) is 7.79. The molecule has 0 spiro atoms. The number of benzene rings is 1. The van der Waals surface area contributed by atoms with Gasteiger partial charge in [-0.15, -0.1) is 0 Å². The fourth-order valence-corrected chi connectivity index (χ4v) is 3.05. The van der Waals surface area contributed by atoms with Crippen LogP contribution in [-0.4, -0.2) is 20.4 Å². The Morgan fingerprint density at radius 1 is 1.17 bits per heavy atom. The topological polar surface area (TPSA) is 81.7 Å². The lowest BCUT2D eigenvalue weighted by Gasteiger charge is -2.07. The molecule has 0 fully saturated rings. The Balaban J connectivity index is 1.36. The van der Waals surface area contributed by atoms with Gasteiger partial charge in [0, 0.05) is 18.0 Å². The largest absolute Gasteiger partial charge is 0.485 e. The highest BCUT2D eigenvalue weighted by Gasteiger charge is 2.14. The molecule has 0 saturated heterocycles. The van der Waals surface area contributed by atoms with Crippen LogP contribution in [0.3, 0.4) is 0 Å². The van der Waals surface area contributed by atoms with E-state index in [0.717, 1.165) is 33.9 Å². The molecule has 1 amide bonds. The quantitative estimate of drug-likeness (QED) is 0.542. The van der Waals surface area contributed by atoms with Crippen LogP contribution < -0.4 is 10.1 Å². The SMILES string of the molecule is Cc1ccc(C)c(OCc2cc(C(=O)NCc3cn4c(C)cccc4n3)no2)c1. The molecule has 148 valence electrons. The normalized spacial score (nSPS) is 11.0. The first-order chi connectivity index (χ1) is 14.0. The molecule has 0 bridgehead atoms. The maximum absolute atomic E-state index is 12.4. The standard InChI is InChI=1S/C22H22N4O3/c1-14-7-8-15(2)20(9-14)28-13-18-10-19(25-29-18)22(27)23-11-17-12-26-16(3)5-4-6-21(26)24-17/h4-10,12H,11,13H2,1-3H3,(H,23,27). The number of aromatic nitrogens is 3. The van der Waals surface area contributed by atoms with E-state index in [9.17, 15) is 4.79 Å². The van der Waals surface area contributed by atoms with Crippen LogP contribution in [0.25, 0.3) is 5.65 Å². The van der Waals surface area contributed by atoms with Gasteiger partial charge in [0.2, 0.25) is 0 Å². The number of carbonyl (C=O) groups is 1. The zero-order valence-electron chi connectivity index (χ0n) is 16.6. The monoisotopic (exact) mass is 390 g/mol. The number of nitrogens with one attached hydrogen (secondary N) is 1. The van der Waals surface area contributed by atoms with Crippen molar-refractivity contribution in [3.63, 3.8) is 0 Å². The summed E-state index contributed by atoms with van der Waals surface area (Å²) in [5.41, 5.74) is 5.07. The number of aryl methyl sites for hydroxylation is 3. The molecule has 1 N–H and O–H groups in total. The summed E-state index contributed by atoms with van der Waals surface area (Å²) in [6.07, 6.45) is 1.91. The molecule has 1 aromatic carbocycles. The van der Waals surface area contributed by atoms with Gasteiger partial charge in [-0.2, -0.15) is 0 Å². The summed E-state index contributed by atoms with van der Waals surface area (Å²) in [6.45, 7) is 6.51. The molecule has 0 aliphatic carbocycles. The van der Waals surface area contributed by atoms with Crippen LogP contribution in [0.15, 0.2) is 53.2 Å². The van der Waals surface area contributed by atoms with Gasteiger partial charge in [0.25, 0.3) is 5.91 Å². The van der Waals surface area contributed by atoms with E-state index in [0.29, 0.717) is 12.3 Å². The highest BCUT2D eigenvalue weighted by Crippen LogP contribution is 2.20. The smallest absolute Gasteiger partial charge is 0.273 e. The molecule has 4 rings (SSSR count). The van der Waals surface area contributed by atoms with Crippen LogP contribution in [-0.2, 0) is 13.2 Å². The van der Waals surface area contributed by atoms with Gasteiger partial charge in [0.05, 0.1) is 12.2 Å². The van der Waals surface area contributed by atoms with Crippen molar-refractivity contribution in [2.45, 2.75) is 33.9 Å². The molecular weight excluding hydrogens is 368 g/mol. The summed E-state index contributed by atoms with van der Waals surface area (Å²) in [5.74, 6) is 0.953. The molecule has 3 heterocycles. The van der Waals surface area contributed by atoms with Crippen LogP contribution in [0.1, 0.15) is 38.8 Å². The average Bonchev–Trinajstić information content (AvgIpc) is 3.34. The van der Waals surface area contributed by atoms with E-state index in [-0.39, 0.29) is 18.2 Å². The molecular formula is C22H22N4O3. The molecule has 0 aliphatic heterocycles. The number of rotatable bonds is 6. The van der Waals surface area contributed by atoms with Gasteiger partial charge in [-0.25, -0.2) is 4.98 Å². The van der Waals surface area contributed by atoms with Crippen molar-refractivity contribution in [3.8, 4) is 5.75 Å². The molecule has 7 nitrogen and oxygen atoms in total. The summed E-state index contributed by atoms with van der Waals surface area (Å²) in [5, 5.41) is 6.67. The molecule has 29 heavy (non-hydrogen) atoms. The number of nitrogens with zero attached hydrogens (tertiary/aromatic N) is 3. The van der Waals surface area contributed by atoms with E-state index in [2.05, 4.69) is 15.5 Å². The highest BCUT2D eigenvalue weighted by atomic mass is 16.5. The van der Waals surface area contributed by atoms with Crippen molar-refractivity contribution >= 4 is 11.6 Å². The van der Waals surface area contributed by atoms with Gasteiger partial charge < -0.3 is 19.0 Å². The maximum atomic E-state index is 12.4. The Labute approximate surface area is 168 Å². The van der Waals surface area contributed by atoms with Crippen LogP contribution in [0.4, 0.5) is 0 Å². The number of ether oxygens (including phenoxy) is 1. The van der Waals surface area contributed by atoms with E-state index in [1.54, 1.807) is 6.07 Å². The lowest BCUT2D eigenvalue weighted by Crippen LogP contribution is -2.23. The molecule has 3 aromatic heterocycles. The Kier molecular flexibility index (Phi) is 5.03. The van der Waals surface area contributed by atoms with Crippen LogP contribution in [0.5, 0.6) is 5.75 Å². The first kappa shape index (κ1) is 18.7. The summed E-state index contributed by atoms with van der Waals surface area (Å²) < 4.78 is 13.0. The van der Waals surface area contributed by atoms with Crippen LogP contribution in [0.2, 0.25) is 0 Å². The summed E-state index contributed by atoms with van der Waals surface area (Å²) in [6, 6.07) is 13.5. The molecule has 0 atom stereocenters. The third-order valence-corrected chi connectivity index (χ3v) is 4.68. The lowest BCUT2D eigenvalue weighted by molar-refractivity contribution is 0.0941. The number of fused-ring (bicyclic) bond motifs is 1. The van der Waals surface area contributed by atoms with E-state index in [4.69, 9.17) is 9.26 Å². The fraction of sp³-hybridized carbons (Fsp3) is 0.227. The first-order valence-electron chi connectivity index (χ1n) is 9.37. The van der Waals surface area contributed by atoms with Crippen molar-refractivity contribution in [3.05, 3.63) is 82.6 Å². The lowest BCUT2D eigenvalue weighted by atomic mass is 10.1. The fourth-order valence-electron chi connectivity index (χ4n) is 3.05. The van der Waals surface area contributed by atoms with E-state index in [1.807, 2.05) is 67.8 Å². The Morgan fingerprint density at radius 3 is 2.86 bits per heavy atom. The van der Waals surface area contributed by atoms with Gasteiger partial charge in [0.1, 0.15) is 18.0 Å². The Hall–Kier alpha value is -3.61. The predicted molar refractivity (Wildman–Crippen MR) is 108 cm³/mol. The minimum absolute atomic E-state index is 0.205. The number of hydrogen-bond donors (Lipinski definition) is 1. The van der Waals surface area contributed by atoms with Crippen molar-refractivity contribution < 1.29 is 14.1 Å². The van der Waals surface area contributed by atoms with Crippen LogP contribution >= 0.6 is 0 Å². The van der Waals surface area contributed by atoms with Gasteiger partial charge >= 0.3 is 0 Å². The third kappa shape index (κ3) is 4.13. The number of pyridine rings is 1. The molecule has 7 heteroatoms. The van der Waals surface area contributed by atoms with Gasteiger partial charge in [-0.3, -0.25) is 4.79 Å². The summed E-state index contributed by atoms with van der Waals surface area (Å²) in [7, 11) is 0. The van der Waals surface area contributed by atoms with Gasteiger partial charge in [-0.05, 0) is 50.1 Å². The van der Waals surface area contributed by atoms with Crippen molar-refractivity contribution in [1.29, 1.82) is 0 Å². The molecule has 4 aromatic rings. The first-order valence-corrected chi connectivity index (χ1v) is 9.37. The third-order valence-electron chi connectivity index (χ3n) is 4.68. The second-order valence-electron chi connectivity index (χ2n) is 7.05. The average molecular weight is 390 g/mol. The maximum Gasteiger partial charge on any atom is 0.273 e. The number of imidazole rings is 1. The number of carbonyl (C=O) groups excluding carboxylic acids is 1. The van der Waals surface area contributed by atoms with Crippen molar-refractivity contribution in [2.75, 3.05) is 0 Å². The van der Waals surface area contributed by atoms with E-state index >= 15 is 0 Å². The minimum Gasteiger partial charge on any atom is -0.485 e. The molecule has 0 aliphatic rings. The molecule has 0 unspecified atom stereocenters. The Morgan fingerprint density at radius 2 is 2.03 bits per heavy atom. The van der Waals surface area contributed by atoms with Gasteiger partial charge in [-0.1, -0.05) is 23.4 Å². The van der Waals surface area contributed by atoms with Crippen LogP contribution in [0, 0.1) is 20.8 Å². The van der Waals surface area contributed by atoms with E-state index in [1.165, 1.54) is 0 Å².